The summed E-state index contributed by atoms with van der Waals surface area (Å²) in [6, 6.07) is -0.441. The number of unbranched alkanes of at least 4 members (excludes halogenated alkanes) is 2. The van der Waals surface area contributed by atoms with Crippen molar-refractivity contribution in [3.05, 3.63) is 24.0 Å². The molecule has 2 aliphatic heterocycles. The second kappa shape index (κ2) is 14.1. The van der Waals surface area contributed by atoms with Gasteiger partial charge in [-0.25, -0.2) is 4.79 Å². The topological polar surface area (TPSA) is 152 Å². The molecule has 11 heteroatoms. The molecule has 0 bridgehead atoms. The minimum absolute atomic E-state index is 0.0339. The number of aliphatic hydroxyl groups excluding tert-OH is 2. The summed E-state index contributed by atoms with van der Waals surface area (Å²) >= 11 is 0. The average Bonchev–Trinajstić information content (AvgIpc) is 3.09. The predicted molar refractivity (Wildman–Crippen MR) is 126 cm³/mol. The van der Waals surface area contributed by atoms with Crippen LogP contribution in [0.5, 0.6) is 0 Å². The standard InChI is InChI=1S/C23H39N5O6/c1-4-17-20(31)21(32)22(34-17)16-14-28(23(33)27-15(16)2)13-9-19(30)26-12-11-25-18(29)8-6-5-7-10-24-3/h14,17,20-22,24,31-32H,2,4-13H2,1,3H3,(H,25,29)(H,26,30)(H,27,33). The largest absolute Gasteiger partial charge is 0.388 e. The van der Waals surface area contributed by atoms with Gasteiger partial charge in [0.2, 0.25) is 11.8 Å². The van der Waals surface area contributed by atoms with Crippen molar-refractivity contribution in [2.75, 3.05) is 33.2 Å². The molecule has 2 rings (SSSR count). The zero-order chi connectivity index (χ0) is 25.1. The Balaban J connectivity index is 1.73. The van der Waals surface area contributed by atoms with Gasteiger partial charge in [-0.2, -0.15) is 0 Å². The number of carbonyl (C=O) groups excluding carboxylic acids is 3. The van der Waals surface area contributed by atoms with Crippen molar-refractivity contribution in [1.82, 2.24) is 26.2 Å². The third kappa shape index (κ3) is 8.08. The fourth-order valence-electron chi connectivity index (χ4n) is 3.90. The molecule has 4 amide bonds. The lowest BCUT2D eigenvalue weighted by atomic mass is 9.98. The number of aliphatic hydroxyl groups is 2. The lowest BCUT2D eigenvalue weighted by Gasteiger charge is -2.30. The maximum absolute atomic E-state index is 12.3. The summed E-state index contributed by atoms with van der Waals surface area (Å²) in [7, 11) is 1.90. The van der Waals surface area contributed by atoms with Gasteiger partial charge in [0.25, 0.3) is 0 Å². The molecule has 2 heterocycles. The molecule has 0 aromatic heterocycles. The molecule has 4 unspecified atom stereocenters. The average molecular weight is 482 g/mol. The number of rotatable bonds is 14. The van der Waals surface area contributed by atoms with Crippen LogP contribution < -0.4 is 21.3 Å². The van der Waals surface area contributed by atoms with E-state index >= 15 is 0 Å². The third-order valence-corrected chi connectivity index (χ3v) is 5.91. The van der Waals surface area contributed by atoms with Crippen molar-refractivity contribution in [2.45, 2.75) is 69.9 Å². The molecule has 0 radical (unpaired) electrons. The van der Waals surface area contributed by atoms with Crippen molar-refractivity contribution in [3.63, 3.8) is 0 Å². The van der Waals surface area contributed by atoms with Gasteiger partial charge in [0, 0.05) is 49.9 Å². The summed E-state index contributed by atoms with van der Waals surface area (Å²) in [6.07, 6.45) is 1.91. The molecule has 34 heavy (non-hydrogen) atoms. The molecule has 0 aliphatic carbocycles. The second-order valence-corrected chi connectivity index (χ2v) is 8.54. The molecule has 1 saturated heterocycles. The second-order valence-electron chi connectivity index (χ2n) is 8.54. The van der Waals surface area contributed by atoms with Crippen molar-refractivity contribution in [1.29, 1.82) is 0 Å². The number of hydrogen-bond donors (Lipinski definition) is 6. The van der Waals surface area contributed by atoms with Crippen LogP contribution in [0.25, 0.3) is 0 Å². The number of nitrogens with zero attached hydrogens (tertiary/aromatic N) is 1. The third-order valence-electron chi connectivity index (χ3n) is 5.91. The molecule has 0 aromatic rings. The highest BCUT2D eigenvalue weighted by Gasteiger charge is 2.45. The van der Waals surface area contributed by atoms with Crippen molar-refractivity contribution in [2.24, 2.45) is 0 Å². The van der Waals surface area contributed by atoms with Gasteiger partial charge in [0.15, 0.2) is 0 Å². The summed E-state index contributed by atoms with van der Waals surface area (Å²) in [6.45, 7) is 7.34. The molecule has 0 spiro atoms. The minimum atomic E-state index is -1.14. The van der Waals surface area contributed by atoms with E-state index in [1.54, 1.807) is 0 Å². The molecule has 1 fully saturated rings. The van der Waals surface area contributed by atoms with Gasteiger partial charge < -0.3 is 36.2 Å². The van der Waals surface area contributed by atoms with Crippen LogP contribution in [-0.4, -0.2) is 90.6 Å². The number of amides is 4. The van der Waals surface area contributed by atoms with Gasteiger partial charge in [-0.05, 0) is 32.9 Å². The Morgan fingerprint density at radius 1 is 1.09 bits per heavy atom. The normalized spacial score (nSPS) is 24.6. The van der Waals surface area contributed by atoms with Crippen molar-refractivity contribution < 1.29 is 29.3 Å². The lowest BCUT2D eigenvalue weighted by molar-refractivity contribution is -0.123. The van der Waals surface area contributed by atoms with E-state index in [4.69, 9.17) is 4.74 Å². The first-order valence-electron chi connectivity index (χ1n) is 12.0. The number of ether oxygens (including phenoxy) is 1. The van der Waals surface area contributed by atoms with Crippen LogP contribution in [0.1, 0.15) is 45.4 Å². The first-order chi connectivity index (χ1) is 16.3. The highest BCUT2D eigenvalue weighted by atomic mass is 16.5. The smallest absolute Gasteiger partial charge is 0.325 e. The van der Waals surface area contributed by atoms with E-state index in [-0.39, 0.29) is 30.5 Å². The van der Waals surface area contributed by atoms with E-state index in [0.717, 1.165) is 25.8 Å². The Labute approximate surface area is 201 Å². The lowest BCUT2D eigenvalue weighted by Crippen LogP contribution is -2.45. The van der Waals surface area contributed by atoms with Crippen LogP contribution in [0.15, 0.2) is 24.0 Å². The Morgan fingerprint density at radius 3 is 2.38 bits per heavy atom. The fraction of sp³-hybridized carbons (Fsp3) is 0.696. The van der Waals surface area contributed by atoms with Crippen LogP contribution in [0.4, 0.5) is 4.79 Å². The van der Waals surface area contributed by atoms with Gasteiger partial charge >= 0.3 is 6.03 Å². The maximum Gasteiger partial charge on any atom is 0.325 e. The van der Waals surface area contributed by atoms with Crippen LogP contribution in [0.2, 0.25) is 0 Å². The van der Waals surface area contributed by atoms with Crippen LogP contribution in [-0.2, 0) is 14.3 Å². The van der Waals surface area contributed by atoms with Gasteiger partial charge in [-0.3, -0.25) is 14.5 Å². The Bertz CT molecular complexity index is 758. The predicted octanol–water partition coefficient (Wildman–Crippen LogP) is -0.289. The Hall–Kier alpha value is -2.47. The summed E-state index contributed by atoms with van der Waals surface area (Å²) in [4.78, 5) is 37.6. The molecule has 0 saturated carbocycles. The summed E-state index contributed by atoms with van der Waals surface area (Å²) in [5.74, 6) is -0.291. The van der Waals surface area contributed by atoms with E-state index < -0.39 is 30.4 Å². The number of hydrogen-bond acceptors (Lipinski definition) is 7. The zero-order valence-electron chi connectivity index (χ0n) is 20.1. The molecule has 11 nitrogen and oxygen atoms in total. The van der Waals surface area contributed by atoms with Crippen LogP contribution in [0, 0.1) is 0 Å². The number of nitrogens with one attached hydrogen (secondary N) is 4. The van der Waals surface area contributed by atoms with Crippen LogP contribution in [0.3, 0.4) is 0 Å². The van der Waals surface area contributed by atoms with Gasteiger partial charge in [-0.1, -0.05) is 19.9 Å². The molecular formula is C23H39N5O6. The number of urea groups is 1. The molecule has 0 aromatic carbocycles. The zero-order valence-corrected chi connectivity index (χ0v) is 20.1. The summed E-state index contributed by atoms with van der Waals surface area (Å²) in [5, 5.41) is 31.7. The summed E-state index contributed by atoms with van der Waals surface area (Å²) < 4.78 is 5.76. The van der Waals surface area contributed by atoms with Gasteiger partial charge in [-0.15, -0.1) is 0 Å². The van der Waals surface area contributed by atoms with Gasteiger partial charge in [0.05, 0.1) is 6.10 Å². The molecule has 192 valence electrons. The highest BCUT2D eigenvalue weighted by Crippen LogP contribution is 2.31. The Kier molecular flexibility index (Phi) is 11.5. The molecule has 2 aliphatic rings. The highest BCUT2D eigenvalue weighted by molar-refractivity contribution is 5.82. The van der Waals surface area contributed by atoms with E-state index in [1.165, 1.54) is 11.1 Å². The SMILES string of the molecule is C=C1NC(=O)N(CCC(=O)NCCNC(=O)CCCCCNC)C=C1C1OC(CC)C(O)C1O. The molecular weight excluding hydrogens is 442 g/mol. The fourth-order valence-corrected chi connectivity index (χ4v) is 3.90. The van der Waals surface area contributed by atoms with Crippen molar-refractivity contribution in [3.8, 4) is 0 Å². The van der Waals surface area contributed by atoms with E-state index in [0.29, 0.717) is 31.5 Å². The summed E-state index contributed by atoms with van der Waals surface area (Å²) in [5.41, 5.74) is 0.743. The molecule has 4 atom stereocenters. The maximum atomic E-state index is 12.3. The van der Waals surface area contributed by atoms with Crippen LogP contribution >= 0.6 is 0 Å². The molecule has 6 N–H and O–H groups in total. The minimum Gasteiger partial charge on any atom is -0.388 e. The van der Waals surface area contributed by atoms with E-state index in [9.17, 15) is 24.6 Å². The quantitative estimate of drug-likeness (QED) is 0.187. The monoisotopic (exact) mass is 481 g/mol. The first kappa shape index (κ1) is 27.8. The van der Waals surface area contributed by atoms with Gasteiger partial charge in [0.1, 0.15) is 18.3 Å². The first-order valence-corrected chi connectivity index (χ1v) is 12.0. The Morgan fingerprint density at radius 2 is 1.76 bits per heavy atom. The van der Waals surface area contributed by atoms with E-state index in [1.807, 2.05) is 14.0 Å². The number of carbonyl (C=O) groups is 3. The van der Waals surface area contributed by atoms with E-state index in [2.05, 4.69) is 27.8 Å². The van der Waals surface area contributed by atoms with Crippen molar-refractivity contribution >= 4 is 17.8 Å².